The van der Waals surface area contributed by atoms with Crippen LogP contribution in [0, 0.1) is 6.92 Å². The molecule has 0 saturated heterocycles. The van der Waals surface area contributed by atoms with Crippen LogP contribution in [-0.2, 0) is 0 Å². The summed E-state index contributed by atoms with van der Waals surface area (Å²) in [5.41, 5.74) is 1.36. The summed E-state index contributed by atoms with van der Waals surface area (Å²) >= 11 is 0. The number of hydrogen-bond donors (Lipinski definition) is 0. The molecule has 5 aromatic carbocycles. The molecule has 5 rings (SSSR count). The first-order chi connectivity index (χ1) is 11.3. The Hall–Kier alpha value is -2.60. The summed E-state index contributed by atoms with van der Waals surface area (Å²) in [5.74, 6) is 0. The highest BCUT2D eigenvalue weighted by atomic mass is 14.1. The third-order valence-corrected chi connectivity index (χ3v) is 4.69. The van der Waals surface area contributed by atoms with E-state index in [-0.39, 0.29) is 0 Å². The van der Waals surface area contributed by atoms with Crippen molar-refractivity contribution in [2.24, 2.45) is 0 Å². The van der Waals surface area contributed by atoms with Gasteiger partial charge in [0.2, 0.25) is 0 Å². The largest absolute Gasteiger partial charge is 0.0683 e. The van der Waals surface area contributed by atoms with Gasteiger partial charge in [-0.15, -0.1) is 0 Å². The lowest BCUT2D eigenvalue weighted by Crippen LogP contribution is -1.88. The maximum absolute atomic E-state index is 2.35. The normalized spacial score (nSPS) is 11.3. The summed E-state index contributed by atoms with van der Waals surface area (Å²) in [6.45, 7) is 6.22. The highest BCUT2D eigenvalue weighted by molar-refractivity contribution is 6.29. The maximum Gasteiger partial charge on any atom is -0.00177 e. The van der Waals surface area contributed by atoms with Crippen molar-refractivity contribution in [2.45, 2.75) is 20.8 Å². The SMILES string of the molecule is CC.Cc1cc2cccc3ccc4c5ccccc5cc1c4c32. The van der Waals surface area contributed by atoms with Crippen LogP contribution in [0.5, 0.6) is 0 Å². The molecule has 0 fully saturated rings. The zero-order valence-electron chi connectivity index (χ0n) is 13.9. The van der Waals surface area contributed by atoms with Crippen LogP contribution in [-0.4, -0.2) is 0 Å². The van der Waals surface area contributed by atoms with Crippen LogP contribution in [0.1, 0.15) is 19.4 Å². The molecule has 0 N–H and O–H groups in total. The second kappa shape index (κ2) is 5.24. The van der Waals surface area contributed by atoms with Gasteiger partial charge in [0.05, 0.1) is 0 Å². The Kier molecular flexibility index (Phi) is 3.20. The zero-order chi connectivity index (χ0) is 16.0. The van der Waals surface area contributed by atoms with Crippen molar-refractivity contribution < 1.29 is 0 Å². The summed E-state index contributed by atoms with van der Waals surface area (Å²) in [6, 6.07) is 24.5. The predicted octanol–water partition coefficient (Wildman–Crippen LogP) is 7.07. The molecule has 0 bridgehead atoms. The quantitative estimate of drug-likeness (QED) is 0.212. The van der Waals surface area contributed by atoms with Crippen LogP contribution < -0.4 is 0 Å². The molecule has 0 spiro atoms. The molecule has 112 valence electrons. The molecular formula is C23H20. The second-order valence-electron chi connectivity index (χ2n) is 5.91. The van der Waals surface area contributed by atoms with Gasteiger partial charge in [-0.1, -0.05) is 74.5 Å². The lowest BCUT2D eigenvalue weighted by atomic mass is 9.89. The summed E-state index contributed by atoms with van der Waals surface area (Å²) in [4.78, 5) is 0. The Morgan fingerprint density at radius 1 is 0.522 bits per heavy atom. The third-order valence-electron chi connectivity index (χ3n) is 4.69. The van der Waals surface area contributed by atoms with Gasteiger partial charge in [-0.3, -0.25) is 0 Å². The highest BCUT2D eigenvalue weighted by Gasteiger charge is 2.12. The van der Waals surface area contributed by atoms with Crippen LogP contribution in [0.25, 0.3) is 43.1 Å². The van der Waals surface area contributed by atoms with E-state index in [1.165, 1.54) is 48.7 Å². The summed E-state index contributed by atoms with van der Waals surface area (Å²) in [5, 5.41) is 10.9. The van der Waals surface area contributed by atoms with E-state index in [1.807, 2.05) is 13.8 Å². The van der Waals surface area contributed by atoms with Gasteiger partial charge in [0.1, 0.15) is 0 Å². The molecule has 0 aromatic heterocycles. The van der Waals surface area contributed by atoms with Crippen LogP contribution >= 0.6 is 0 Å². The topological polar surface area (TPSA) is 0 Å². The van der Waals surface area contributed by atoms with Crippen LogP contribution in [0.3, 0.4) is 0 Å². The van der Waals surface area contributed by atoms with E-state index >= 15 is 0 Å². The molecule has 0 heterocycles. The minimum atomic E-state index is 1.33. The van der Waals surface area contributed by atoms with E-state index in [0.717, 1.165) is 0 Å². The highest BCUT2D eigenvalue weighted by Crippen LogP contribution is 2.39. The maximum atomic E-state index is 2.35. The van der Waals surface area contributed by atoms with Gasteiger partial charge in [0.15, 0.2) is 0 Å². The Morgan fingerprint density at radius 3 is 2.13 bits per heavy atom. The molecule has 0 aliphatic heterocycles. The number of fused-ring (bicyclic) bond motifs is 2. The van der Waals surface area contributed by atoms with Gasteiger partial charge >= 0.3 is 0 Å². The number of benzene rings is 5. The fraction of sp³-hybridized carbons (Fsp3) is 0.130. The molecule has 0 atom stereocenters. The second-order valence-corrected chi connectivity index (χ2v) is 5.91. The average Bonchev–Trinajstić information content (AvgIpc) is 2.62. The van der Waals surface area contributed by atoms with Gasteiger partial charge in [0.25, 0.3) is 0 Å². The van der Waals surface area contributed by atoms with Crippen molar-refractivity contribution in [1.29, 1.82) is 0 Å². The van der Waals surface area contributed by atoms with Crippen LogP contribution in [0.15, 0.2) is 66.7 Å². The number of hydrogen-bond acceptors (Lipinski definition) is 0. The van der Waals surface area contributed by atoms with Gasteiger partial charge in [-0.25, -0.2) is 0 Å². The fourth-order valence-electron chi connectivity index (χ4n) is 3.75. The Bertz CT molecular complexity index is 1130. The minimum absolute atomic E-state index is 1.33. The lowest BCUT2D eigenvalue weighted by molar-refractivity contribution is 1.50. The predicted molar refractivity (Wildman–Crippen MR) is 104 cm³/mol. The molecule has 5 aromatic rings. The number of aryl methyl sites for hydroxylation is 1. The standard InChI is InChI=1S/C21H14.C2H6/c1-13-11-16-7-4-6-14-9-10-18-17-8-3-2-5-15(17)12-19(13)21(18)20(14)16;1-2/h2-12H,1H3;1-2H3. The summed E-state index contributed by atoms with van der Waals surface area (Å²) in [6.07, 6.45) is 0. The molecule has 0 radical (unpaired) electrons. The van der Waals surface area contributed by atoms with E-state index in [0.29, 0.717) is 0 Å². The molecule has 0 saturated carbocycles. The first kappa shape index (κ1) is 14.0. The molecule has 0 nitrogen and oxygen atoms in total. The molecule has 23 heavy (non-hydrogen) atoms. The fourth-order valence-corrected chi connectivity index (χ4v) is 3.75. The lowest BCUT2D eigenvalue weighted by Gasteiger charge is -2.15. The van der Waals surface area contributed by atoms with Crippen molar-refractivity contribution >= 4 is 43.1 Å². The van der Waals surface area contributed by atoms with E-state index in [9.17, 15) is 0 Å². The van der Waals surface area contributed by atoms with Gasteiger partial charge < -0.3 is 0 Å². The average molecular weight is 296 g/mol. The first-order valence-electron chi connectivity index (χ1n) is 8.39. The Labute approximate surface area is 136 Å². The molecule has 0 aliphatic carbocycles. The molecule has 0 unspecified atom stereocenters. The van der Waals surface area contributed by atoms with Crippen LogP contribution in [0.2, 0.25) is 0 Å². The van der Waals surface area contributed by atoms with E-state index in [2.05, 4.69) is 73.7 Å². The molecule has 0 aliphatic rings. The minimum Gasteiger partial charge on any atom is -0.0683 e. The van der Waals surface area contributed by atoms with Crippen molar-refractivity contribution in [3.05, 3.63) is 72.3 Å². The van der Waals surface area contributed by atoms with E-state index < -0.39 is 0 Å². The van der Waals surface area contributed by atoms with Gasteiger partial charge in [-0.2, -0.15) is 0 Å². The summed E-state index contributed by atoms with van der Waals surface area (Å²) in [7, 11) is 0. The smallest absolute Gasteiger partial charge is 0.00177 e. The van der Waals surface area contributed by atoms with Gasteiger partial charge in [0, 0.05) is 0 Å². The van der Waals surface area contributed by atoms with Crippen molar-refractivity contribution in [3.8, 4) is 0 Å². The van der Waals surface area contributed by atoms with Crippen molar-refractivity contribution in [2.75, 3.05) is 0 Å². The first-order valence-corrected chi connectivity index (χ1v) is 8.39. The molecule has 0 amide bonds. The monoisotopic (exact) mass is 296 g/mol. The zero-order valence-corrected chi connectivity index (χ0v) is 13.9. The van der Waals surface area contributed by atoms with E-state index in [1.54, 1.807) is 0 Å². The molecule has 0 heteroatoms. The Balaban J connectivity index is 0.000000652. The summed E-state index contributed by atoms with van der Waals surface area (Å²) < 4.78 is 0. The van der Waals surface area contributed by atoms with Crippen molar-refractivity contribution in [1.82, 2.24) is 0 Å². The number of rotatable bonds is 0. The molecular weight excluding hydrogens is 276 g/mol. The van der Waals surface area contributed by atoms with E-state index in [4.69, 9.17) is 0 Å². The Morgan fingerprint density at radius 2 is 1.26 bits per heavy atom. The van der Waals surface area contributed by atoms with Crippen LogP contribution in [0.4, 0.5) is 0 Å². The van der Waals surface area contributed by atoms with Gasteiger partial charge in [-0.05, 0) is 61.6 Å². The van der Waals surface area contributed by atoms with Crippen molar-refractivity contribution in [3.63, 3.8) is 0 Å². The third kappa shape index (κ3) is 1.91.